The first-order valence-corrected chi connectivity index (χ1v) is 42.8. The van der Waals surface area contributed by atoms with Crippen LogP contribution in [0.5, 0.6) is 0 Å². The Bertz CT molecular complexity index is 9250. The molecule has 29 rings (SSSR count). The minimum absolute atomic E-state index is 0.603. The third-order valence-electron chi connectivity index (χ3n) is 26.1. The first-order chi connectivity index (χ1) is 62.5. The van der Waals surface area contributed by atoms with Crippen LogP contribution in [0.4, 0.5) is 0 Å². The molecule has 8 heterocycles. The van der Waals surface area contributed by atoms with E-state index in [0.29, 0.717) is 17.6 Å². The van der Waals surface area contributed by atoms with Crippen LogP contribution in [0.1, 0.15) is 0 Å². The molecule has 126 heavy (non-hydrogen) atoms. The normalized spacial score (nSPS) is 12.1. The molecule has 0 unspecified atom stereocenters. The highest BCUT2D eigenvalue weighted by Gasteiger charge is 2.31. The summed E-state index contributed by atoms with van der Waals surface area (Å²) in [4.78, 5) is 36.4. The predicted octanol–water partition coefficient (Wildman–Crippen LogP) is 29.0. The molecule has 0 saturated heterocycles. The van der Waals surface area contributed by atoms with Crippen molar-refractivity contribution >= 4 is 158 Å². The average Bonchev–Trinajstić information content (AvgIpc) is 1.51. The van der Waals surface area contributed by atoms with E-state index in [0.717, 1.165) is 100 Å². The van der Waals surface area contributed by atoms with Crippen LogP contribution in [0.2, 0.25) is 0 Å². The molecule has 0 fully saturated rings. The predicted molar refractivity (Wildman–Crippen MR) is 520 cm³/mol. The zero-order valence-corrected chi connectivity index (χ0v) is 67.6. The Hall–Kier alpha value is -17.2. The molecule has 2 aliphatic rings. The molecular weight excluding hydrogens is 1540 g/mol. The Morgan fingerprint density at radius 2 is 0.532 bits per heavy atom. The fourth-order valence-corrected chi connectivity index (χ4v) is 20.8. The lowest BCUT2D eigenvalue weighted by atomic mass is 9.93. The lowest BCUT2D eigenvalue weighted by Crippen LogP contribution is -2.06. The van der Waals surface area contributed by atoms with Crippen LogP contribution in [0, 0.1) is 0 Å². The highest BCUT2D eigenvalue weighted by molar-refractivity contribution is 6.35. The minimum Gasteiger partial charge on any atom is -0.308 e. The molecule has 19 aromatic carbocycles. The summed E-state index contributed by atoms with van der Waals surface area (Å²) in [5.74, 6) is 3.59. The molecule has 0 atom stereocenters. The SMILES string of the molecule is c1ccc(-c2nc(-c3ccccc3)nc(-n3c4cccc5c6ccccc6n6c7ccccc7c7ccc3c(c54)c76)n2)cc1.c1ccc(-c2nc3ccccc3nc2-n2c3cccc4c3c3c5c(cccc5ccc32)-c2ccccc2-4)cc1.c1ccc2c(c1)-c1cccc3ccc4c(c13)c1c-2cccc1n4-c1nc2ccccc2nc1-c1ccc2ccccc2c1. The van der Waals surface area contributed by atoms with E-state index in [1.54, 1.807) is 0 Å². The molecule has 11 nitrogen and oxygen atoms in total. The molecule has 0 bridgehead atoms. The van der Waals surface area contributed by atoms with Crippen LogP contribution < -0.4 is 0 Å². The lowest BCUT2D eigenvalue weighted by molar-refractivity contribution is 0.954. The largest absolute Gasteiger partial charge is 0.308 e. The fraction of sp³-hybridized carbons (Fsp3) is 0. The van der Waals surface area contributed by atoms with Crippen molar-refractivity contribution in [3.05, 3.63) is 406 Å². The Kier molecular flexibility index (Phi) is 15.0. The maximum atomic E-state index is 5.37. The van der Waals surface area contributed by atoms with Gasteiger partial charge in [0.05, 0.1) is 71.7 Å². The molecule has 0 N–H and O–H groups in total. The van der Waals surface area contributed by atoms with Gasteiger partial charge in [-0.1, -0.05) is 328 Å². The van der Waals surface area contributed by atoms with E-state index < -0.39 is 0 Å². The summed E-state index contributed by atoms with van der Waals surface area (Å²) < 4.78 is 9.36. The lowest BCUT2D eigenvalue weighted by Gasteiger charge is -2.16. The highest BCUT2D eigenvalue weighted by atomic mass is 15.2. The minimum atomic E-state index is 0.603. The smallest absolute Gasteiger partial charge is 0.238 e. The van der Waals surface area contributed by atoms with Crippen molar-refractivity contribution < 1.29 is 0 Å². The molecule has 8 aromatic heterocycles. The van der Waals surface area contributed by atoms with Gasteiger partial charge in [0.1, 0.15) is 11.4 Å². The molecule has 0 aliphatic heterocycles. The molecule has 582 valence electrons. The number of benzene rings is 19. The summed E-state index contributed by atoms with van der Waals surface area (Å²) in [5, 5.41) is 19.9. The van der Waals surface area contributed by atoms with E-state index in [-0.39, 0.29) is 0 Å². The van der Waals surface area contributed by atoms with Gasteiger partial charge < -0.3 is 4.40 Å². The van der Waals surface area contributed by atoms with Crippen LogP contribution in [-0.4, -0.2) is 53.0 Å². The van der Waals surface area contributed by atoms with Gasteiger partial charge in [-0.2, -0.15) is 9.97 Å². The van der Waals surface area contributed by atoms with Crippen molar-refractivity contribution in [1.29, 1.82) is 0 Å². The van der Waals surface area contributed by atoms with E-state index in [4.69, 9.17) is 34.9 Å². The monoisotopic (exact) mass is 1600 g/mol. The number of rotatable bonds is 7. The van der Waals surface area contributed by atoms with Crippen molar-refractivity contribution in [2.45, 2.75) is 0 Å². The Morgan fingerprint density at radius 3 is 1.06 bits per heavy atom. The van der Waals surface area contributed by atoms with Crippen molar-refractivity contribution in [3.8, 4) is 107 Å². The van der Waals surface area contributed by atoms with E-state index in [1.165, 1.54) is 147 Å². The molecular formula is C115H67N11. The van der Waals surface area contributed by atoms with E-state index in [2.05, 4.69) is 346 Å². The van der Waals surface area contributed by atoms with Gasteiger partial charge in [0.25, 0.3) is 0 Å². The summed E-state index contributed by atoms with van der Waals surface area (Å²) in [7, 11) is 0. The molecule has 2 aliphatic carbocycles. The van der Waals surface area contributed by atoms with Crippen molar-refractivity contribution in [1.82, 2.24) is 53.0 Å². The van der Waals surface area contributed by atoms with Crippen molar-refractivity contribution in [2.24, 2.45) is 0 Å². The molecule has 11 heteroatoms. The third-order valence-corrected chi connectivity index (χ3v) is 26.1. The zero-order chi connectivity index (χ0) is 82.3. The van der Waals surface area contributed by atoms with Gasteiger partial charge in [-0.3, -0.25) is 13.7 Å². The highest BCUT2D eigenvalue weighted by Crippen LogP contribution is 2.54. The van der Waals surface area contributed by atoms with Gasteiger partial charge in [-0.25, -0.2) is 24.9 Å². The second-order valence-electron chi connectivity index (χ2n) is 32.9. The van der Waals surface area contributed by atoms with Gasteiger partial charge in [-0.05, 0) is 161 Å². The van der Waals surface area contributed by atoms with Crippen molar-refractivity contribution in [2.75, 3.05) is 0 Å². The summed E-state index contributed by atoms with van der Waals surface area (Å²) in [6.07, 6.45) is 0. The average molecular weight is 1600 g/mol. The number of hydrogen-bond donors (Lipinski definition) is 0. The molecule has 0 spiro atoms. The molecule has 0 amide bonds. The maximum absolute atomic E-state index is 5.37. The van der Waals surface area contributed by atoms with Gasteiger partial charge in [0, 0.05) is 70.7 Å². The Labute approximate surface area is 719 Å². The van der Waals surface area contributed by atoms with Crippen LogP contribution in [0.3, 0.4) is 0 Å². The summed E-state index contributed by atoms with van der Waals surface area (Å²) in [6.45, 7) is 0. The van der Waals surface area contributed by atoms with Crippen LogP contribution in [0.15, 0.2) is 406 Å². The van der Waals surface area contributed by atoms with E-state index in [1.807, 2.05) is 78.9 Å². The topological polar surface area (TPSA) is 109 Å². The quantitative estimate of drug-likeness (QED) is 0.156. The second kappa shape index (κ2) is 27.2. The molecule has 0 saturated carbocycles. The molecule has 0 radical (unpaired) electrons. The summed E-state index contributed by atoms with van der Waals surface area (Å²) in [6, 6.07) is 144. The second-order valence-corrected chi connectivity index (χ2v) is 32.9. The first-order valence-electron chi connectivity index (χ1n) is 42.8. The van der Waals surface area contributed by atoms with E-state index in [9.17, 15) is 0 Å². The maximum Gasteiger partial charge on any atom is 0.238 e. The summed E-state index contributed by atoms with van der Waals surface area (Å²) in [5.41, 5.74) is 29.8. The van der Waals surface area contributed by atoms with Gasteiger partial charge in [0.15, 0.2) is 23.3 Å². The van der Waals surface area contributed by atoms with Gasteiger partial charge in [-0.15, -0.1) is 0 Å². The Morgan fingerprint density at radius 1 is 0.175 bits per heavy atom. The number of fused-ring (bicyclic) bond motifs is 15. The van der Waals surface area contributed by atoms with Crippen molar-refractivity contribution in [3.63, 3.8) is 0 Å². The van der Waals surface area contributed by atoms with Crippen LogP contribution in [0.25, 0.3) is 265 Å². The number of nitrogens with zero attached hydrogens (tertiary/aromatic N) is 11. The number of hydrogen-bond acceptors (Lipinski definition) is 7. The Balaban J connectivity index is 0.0000000984. The van der Waals surface area contributed by atoms with Gasteiger partial charge in [0.2, 0.25) is 5.95 Å². The van der Waals surface area contributed by atoms with Crippen LogP contribution in [-0.2, 0) is 0 Å². The number of para-hydroxylation sites is 6. The molecule has 27 aromatic rings. The third kappa shape index (κ3) is 10.2. The standard InChI is InChI=1S/C40H23N3.C39H23N5.C36H21N3/c1-2-10-26-23-27(20-19-24(26)9-1)39-40(42-33-17-6-5-16-32(33)41-39)43-34-18-8-15-31-29-13-4-3-12-28(29)30-14-7-11-25-21-22-35(43)38(36(25)30)37(31)34;1-3-12-24(13-4-1)37-40-38(25-14-5-2-6-15-25)42-39(41-37)44-32-21-11-18-28-26-16-7-9-19-30(26)43-31-20-10-8-17-27(31)29-22-23-33(44)35(34(28)32)36(29)43;1-2-10-23(11-3-1)35-36(38-29-18-7-6-17-28(29)37-35)39-30-19-9-16-27-25-14-5-4-13-24(25)26-15-8-12-22-20-21-31(39)34(32(22)26)33(27)30/h1-23H;1-23H;1-21H. The van der Waals surface area contributed by atoms with E-state index >= 15 is 0 Å². The van der Waals surface area contributed by atoms with Crippen LogP contribution >= 0.6 is 0 Å². The summed E-state index contributed by atoms with van der Waals surface area (Å²) >= 11 is 0. The first kappa shape index (κ1) is 69.6. The zero-order valence-electron chi connectivity index (χ0n) is 67.6. The number of aromatic nitrogens is 11. The fourth-order valence-electron chi connectivity index (χ4n) is 20.8. The van der Waals surface area contributed by atoms with Gasteiger partial charge >= 0.3 is 0 Å².